The van der Waals surface area contributed by atoms with Gasteiger partial charge in [0.05, 0.1) is 0 Å². The number of benzene rings is 2. The number of halogens is 2. The van der Waals surface area contributed by atoms with E-state index in [0.29, 0.717) is 36.2 Å². The molecule has 0 spiro atoms. The Morgan fingerprint density at radius 2 is 1.31 bits per heavy atom. The Labute approximate surface area is 299 Å². The predicted molar refractivity (Wildman–Crippen MR) is 193 cm³/mol. The number of carbonyl (C=O) groups is 3. The molecule has 2 fully saturated rings. The van der Waals surface area contributed by atoms with Crippen LogP contribution < -0.4 is 16.8 Å². The molecule has 2 aliphatic heterocycles. The maximum atomic E-state index is 15.3. The number of likely N-dealkylation sites (tertiary alicyclic amines) is 1. The molecule has 10 heteroatoms. The maximum absolute atomic E-state index is 15.3. The number of nitrogens with two attached hydrogens (primary N) is 2. The van der Waals surface area contributed by atoms with Crippen molar-refractivity contribution in [2.24, 2.45) is 11.5 Å². The number of allylic oxidation sites excluding steroid dienone is 4. The van der Waals surface area contributed by atoms with Crippen molar-refractivity contribution in [3.63, 3.8) is 0 Å². The molecule has 3 amide bonds. The van der Waals surface area contributed by atoms with E-state index in [1.54, 1.807) is 4.90 Å². The first-order valence-corrected chi connectivity index (χ1v) is 18.7. The van der Waals surface area contributed by atoms with Crippen molar-refractivity contribution < 1.29 is 27.9 Å². The molecule has 2 aromatic rings. The van der Waals surface area contributed by atoms with Gasteiger partial charge in [-0.3, -0.25) is 9.59 Å². The molecule has 2 saturated heterocycles. The van der Waals surface area contributed by atoms with Crippen LogP contribution in [0.4, 0.5) is 13.6 Å². The van der Waals surface area contributed by atoms with Crippen LogP contribution in [0.25, 0.3) is 11.1 Å². The first-order valence-electron chi connectivity index (χ1n) is 18.7. The number of hydrogen-bond donors (Lipinski definition) is 3. The molecular weight excluding hydrogens is 650 g/mol. The maximum Gasteiger partial charge on any atom is 0.410 e. The van der Waals surface area contributed by atoms with Gasteiger partial charge < -0.3 is 26.4 Å². The van der Waals surface area contributed by atoms with E-state index in [0.717, 1.165) is 112 Å². The lowest BCUT2D eigenvalue weighted by molar-refractivity contribution is 0.0197. The molecule has 8 rings (SSSR count). The second kappa shape index (κ2) is 13.8. The van der Waals surface area contributed by atoms with E-state index in [4.69, 9.17) is 16.2 Å². The fourth-order valence-electron chi connectivity index (χ4n) is 9.55. The second-order valence-electron chi connectivity index (χ2n) is 16.1. The smallest absolute Gasteiger partial charge is 0.410 e. The average molecular weight is 701 g/mol. The van der Waals surface area contributed by atoms with Gasteiger partial charge in [-0.25, -0.2) is 13.6 Å². The lowest BCUT2D eigenvalue weighted by atomic mass is 9.82. The minimum atomic E-state index is -0.577. The van der Waals surface area contributed by atoms with Gasteiger partial charge in [-0.15, -0.1) is 0 Å². The van der Waals surface area contributed by atoms with Crippen molar-refractivity contribution >= 4 is 29.1 Å². The van der Waals surface area contributed by atoms with E-state index >= 15 is 4.39 Å². The van der Waals surface area contributed by atoms with Crippen LogP contribution in [0.3, 0.4) is 0 Å². The van der Waals surface area contributed by atoms with Crippen molar-refractivity contribution in [2.45, 2.75) is 115 Å². The van der Waals surface area contributed by atoms with Gasteiger partial charge in [-0.05, 0) is 156 Å². The van der Waals surface area contributed by atoms with Crippen LogP contribution in [0, 0.1) is 11.6 Å². The highest BCUT2D eigenvalue weighted by Crippen LogP contribution is 2.50. The Balaban J connectivity index is 0.000000165. The molecule has 4 aliphatic carbocycles. The molecular formula is C41H50F2N4O4. The summed E-state index contributed by atoms with van der Waals surface area (Å²) in [5.74, 6) is -1.62. The van der Waals surface area contributed by atoms with Crippen LogP contribution in [0.5, 0.6) is 0 Å². The number of ether oxygens (including phenoxy) is 1. The summed E-state index contributed by atoms with van der Waals surface area (Å²) in [5.41, 5.74) is 21.7. The minimum Gasteiger partial charge on any atom is -0.444 e. The lowest BCUT2D eigenvalue weighted by Gasteiger charge is -2.35. The van der Waals surface area contributed by atoms with Gasteiger partial charge in [-0.1, -0.05) is 11.1 Å². The molecule has 2 aromatic carbocycles. The van der Waals surface area contributed by atoms with Crippen LogP contribution >= 0.6 is 0 Å². The number of hydrogen-bond acceptors (Lipinski definition) is 5. The molecule has 0 aromatic heterocycles. The third-order valence-electron chi connectivity index (χ3n) is 11.6. The average Bonchev–Trinajstić information content (AvgIpc) is 3.87. The van der Waals surface area contributed by atoms with E-state index < -0.39 is 17.4 Å². The Kier molecular flexibility index (Phi) is 9.58. The van der Waals surface area contributed by atoms with Gasteiger partial charge in [0.15, 0.2) is 0 Å². The predicted octanol–water partition coefficient (Wildman–Crippen LogP) is 7.42. The van der Waals surface area contributed by atoms with Crippen LogP contribution in [0.1, 0.15) is 151 Å². The number of nitrogens with zero attached hydrogens (tertiary/aromatic N) is 1. The van der Waals surface area contributed by atoms with Crippen molar-refractivity contribution in [3.05, 3.63) is 79.4 Å². The minimum absolute atomic E-state index is 0.112. The molecule has 0 radical (unpaired) electrons. The van der Waals surface area contributed by atoms with E-state index in [1.165, 1.54) is 34.4 Å². The number of amides is 3. The zero-order valence-electron chi connectivity index (χ0n) is 30.1. The number of piperidine rings is 2. The molecule has 6 aliphatic rings. The zero-order valence-corrected chi connectivity index (χ0v) is 30.1. The molecule has 272 valence electrons. The number of rotatable bonds is 4. The van der Waals surface area contributed by atoms with Gasteiger partial charge in [0, 0.05) is 47.8 Å². The highest BCUT2D eigenvalue weighted by atomic mass is 19.1. The van der Waals surface area contributed by atoms with Crippen LogP contribution in [-0.4, -0.2) is 54.6 Å². The Hall–Kier alpha value is -4.05. The molecule has 51 heavy (non-hydrogen) atoms. The van der Waals surface area contributed by atoms with E-state index in [1.807, 2.05) is 20.8 Å². The summed E-state index contributed by atoms with van der Waals surface area (Å²) in [6.45, 7) is 8.40. The van der Waals surface area contributed by atoms with Crippen molar-refractivity contribution in [3.8, 4) is 0 Å². The summed E-state index contributed by atoms with van der Waals surface area (Å²) in [6, 6.07) is 2.69. The van der Waals surface area contributed by atoms with Crippen molar-refractivity contribution in [2.75, 3.05) is 26.2 Å². The van der Waals surface area contributed by atoms with Crippen LogP contribution in [0.15, 0.2) is 23.3 Å². The molecule has 5 N–H and O–H groups in total. The van der Waals surface area contributed by atoms with E-state index in [2.05, 4.69) is 5.32 Å². The summed E-state index contributed by atoms with van der Waals surface area (Å²) in [4.78, 5) is 38.0. The summed E-state index contributed by atoms with van der Waals surface area (Å²) in [5, 5.41) is 3.37. The Morgan fingerprint density at radius 3 is 1.80 bits per heavy atom. The van der Waals surface area contributed by atoms with E-state index in [-0.39, 0.29) is 29.6 Å². The standard InChI is InChI=1S/C23H29FN2O3.C18H21FN2O/c1-23(2,3)29-22(28)26-9-5-7-14(12-26)19-18(24)11-17(21(25)27)16-10-13-6-4-8-15(13)20(16)19;19-15-8-14(18(20)22)13-7-10-3-1-5-12(10)17(13)16(15)11-4-2-6-21-9-11/h11,14H,4-10,12H2,1-3H3,(H2,25,27);8,11,21H,1-7,9H2,(H2,20,22). The Bertz CT molecular complexity index is 1870. The largest absolute Gasteiger partial charge is 0.444 e. The fourth-order valence-corrected chi connectivity index (χ4v) is 9.55. The molecule has 2 atom stereocenters. The number of carbonyl (C=O) groups excluding carboxylic acids is 3. The first-order chi connectivity index (χ1) is 24.3. The summed E-state index contributed by atoms with van der Waals surface area (Å²) in [7, 11) is 0. The Morgan fingerprint density at radius 1 is 0.784 bits per heavy atom. The fraction of sp³-hybridized carbons (Fsp3) is 0.537. The SMILES string of the molecule is CC(C)(C)OC(=O)N1CCCC(c2c(F)cc(C(N)=O)c3c2C2=C(CCC2)C3)C1.NC(=O)c1cc(F)c(C2CCCNC2)c2c1CC1=C2CCC1. The van der Waals surface area contributed by atoms with Crippen LogP contribution in [0.2, 0.25) is 0 Å². The number of nitrogens with one attached hydrogen (secondary N) is 1. The van der Waals surface area contributed by atoms with Gasteiger partial charge >= 0.3 is 6.09 Å². The molecule has 2 unspecified atom stereocenters. The molecule has 2 heterocycles. The molecule has 0 bridgehead atoms. The summed E-state index contributed by atoms with van der Waals surface area (Å²) >= 11 is 0. The van der Waals surface area contributed by atoms with Crippen molar-refractivity contribution in [1.82, 2.24) is 10.2 Å². The van der Waals surface area contributed by atoms with Crippen LogP contribution in [-0.2, 0) is 17.6 Å². The highest BCUT2D eigenvalue weighted by Gasteiger charge is 2.38. The molecule has 8 nitrogen and oxygen atoms in total. The third-order valence-corrected chi connectivity index (χ3v) is 11.6. The van der Waals surface area contributed by atoms with E-state index in [9.17, 15) is 18.8 Å². The normalized spacial score (nSPS) is 22.3. The quantitative estimate of drug-likeness (QED) is 0.306. The lowest BCUT2D eigenvalue weighted by Crippen LogP contribution is -2.42. The first kappa shape index (κ1) is 35.4. The van der Waals surface area contributed by atoms with Crippen molar-refractivity contribution in [1.29, 1.82) is 0 Å². The number of primary amides is 2. The molecule has 0 saturated carbocycles. The third kappa shape index (κ3) is 6.72. The van der Waals surface area contributed by atoms with Gasteiger partial charge in [0.25, 0.3) is 0 Å². The second-order valence-corrected chi connectivity index (χ2v) is 16.1. The number of fused-ring (bicyclic) bond motifs is 4. The monoisotopic (exact) mass is 700 g/mol. The van der Waals surface area contributed by atoms with Gasteiger partial charge in [-0.2, -0.15) is 0 Å². The van der Waals surface area contributed by atoms with Gasteiger partial charge in [0.1, 0.15) is 17.2 Å². The topological polar surface area (TPSA) is 128 Å². The highest BCUT2D eigenvalue weighted by molar-refractivity contribution is 5.99. The zero-order chi connectivity index (χ0) is 36.2. The summed E-state index contributed by atoms with van der Waals surface area (Å²) in [6.07, 6.45) is 11.0. The van der Waals surface area contributed by atoms with Gasteiger partial charge in [0.2, 0.25) is 11.8 Å². The summed E-state index contributed by atoms with van der Waals surface area (Å²) < 4.78 is 35.7.